The number of fused-ring (bicyclic) bond motifs is 1. The molecule has 3 atom stereocenters. The van der Waals surface area contributed by atoms with Crippen LogP contribution in [0.3, 0.4) is 0 Å². The Morgan fingerprint density at radius 1 is 1.32 bits per heavy atom. The van der Waals surface area contributed by atoms with Crippen LogP contribution < -0.4 is 5.32 Å². The first-order chi connectivity index (χ1) is 14.8. The van der Waals surface area contributed by atoms with E-state index in [1.54, 1.807) is 12.5 Å². The van der Waals surface area contributed by atoms with Crippen LogP contribution in [0.1, 0.15) is 29.1 Å². The summed E-state index contributed by atoms with van der Waals surface area (Å²) < 4.78 is 43.2. The van der Waals surface area contributed by atoms with Gasteiger partial charge in [-0.25, -0.2) is 9.78 Å². The largest absolute Gasteiger partial charge is 0.490 e. The van der Waals surface area contributed by atoms with Crippen LogP contribution in [0.2, 0.25) is 0 Å². The van der Waals surface area contributed by atoms with Gasteiger partial charge in [-0.3, -0.25) is 14.7 Å². The number of aliphatic carboxylic acids is 1. The lowest BCUT2D eigenvalue weighted by Crippen LogP contribution is -2.47. The van der Waals surface area contributed by atoms with Crippen LogP contribution in [0.5, 0.6) is 0 Å². The summed E-state index contributed by atoms with van der Waals surface area (Å²) >= 11 is 0. The van der Waals surface area contributed by atoms with Crippen molar-refractivity contribution in [3.8, 4) is 0 Å². The van der Waals surface area contributed by atoms with Gasteiger partial charge >= 0.3 is 12.1 Å². The molecule has 0 aliphatic carbocycles. The summed E-state index contributed by atoms with van der Waals surface area (Å²) in [6.07, 6.45) is 3.28. The summed E-state index contributed by atoms with van der Waals surface area (Å²) in [7, 11) is 0. The van der Waals surface area contributed by atoms with E-state index in [0.29, 0.717) is 11.7 Å². The molecule has 0 saturated carbocycles. The van der Waals surface area contributed by atoms with Gasteiger partial charge in [0, 0.05) is 31.6 Å². The first-order valence-electron chi connectivity index (χ1n) is 9.50. The second-order valence-corrected chi connectivity index (χ2v) is 7.03. The summed E-state index contributed by atoms with van der Waals surface area (Å²) in [6, 6.07) is 4.12. The van der Waals surface area contributed by atoms with Crippen LogP contribution >= 0.6 is 0 Å². The third-order valence-corrected chi connectivity index (χ3v) is 4.92. The molecule has 168 valence electrons. The van der Waals surface area contributed by atoms with E-state index in [1.807, 2.05) is 12.1 Å². The number of likely N-dealkylation sites (tertiary alicyclic amines) is 1. The number of carbonyl (C=O) groups is 2. The smallest absolute Gasteiger partial charge is 0.475 e. The molecule has 2 aromatic heterocycles. The van der Waals surface area contributed by atoms with Gasteiger partial charge in [-0.1, -0.05) is 0 Å². The molecule has 4 rings (SSSR count). The van der Waals surface area contributed by atoms with Gasteiger partial charge in [0.2, 0.25) is 0 Å². The lowest BCUT2D eigenvalue weighted by molar-refractivity contribution is -0.192. The Labute approximate surface area is 175 Å². The van der Waals surface area contributed by atoms with Crippen molar-refractivity contribution in [1.29, 1.82) is 0 Å². The van der Waals surface area contributed by atoms with Gasteiger partial charge < -0.3 is 19.6 Å². The number of hydrogen-bond acceptors (Lipinski definition) is 7. The molecule has 2 aliphatic heterocycles. The molecule has 2 saturated heterocycles. The molecular weight excluding hydrogens is 421 g/mol. The monoisotopic (exact) mass is 442 g/mol. The minimum Gasteiger partial charge on any atom is -0.475 e. The van der Waals surface area contributed by atoms with Crippen molar-refractivity contribution in [2.45, 2.75) is 43.8 Å². The number of rotatable bonds is 4. The number of carboxylic acid groups (broad SMARTS) is 1. The molecule has 0 aromatic carbocycles. The van der Waals surface area contributed by atoms with Crippen LogP contribution in [-0.4, -0.2) is 69.4 Å². The minimum absolute atomic E-state index is 0.00864. The normalized spacial score (nSPS) is 23.4. The third kappa shape index (κ3) is 6.01. The highest BCUT2D eigenvalue weighted by molar-refractivity contribution is 5.92. The molecular formula is C19H21F3N4O5. The summed E-state index contributed by atoms with van der Waals surface area (Å²) in [5.41, 5.74) is 0.328. The Balaban J connectivity index is 0.000000339. The molecule has 0 unspecified atom stereocenters. The van der Waals surface area contributed by atoms with E-state index >= 15 is 0 Å². The quantitative estimate of drug-likeness (QED) is 0.737. The topological polar surface area (TPSA) is 118 Å². The van der Waals surface area contributed by atoms with E-state index in [0.717, 1.165) is 38.3 Å². The van der Waals surface area contributed by atoms with Crippen molar-refractivity contribution in [2.24, 2.45) is 0 Å². The van der Waals surface area contributed by atoms with Gasteiger partial charge in [0.25, 0.3) is 5.91 Å². The van der Waals surface area contributed by atoms with Crippen LogP contribution in [0, 0.1) is 0 Å². The van der Waals surface area contributed by atoms with Gasteiger partial charge in [0.1, 0.15) is 11.5 Å². The Morgan fingerprint density at radius 2 is 2.10 bits per heavy atom. The number of carboxylic acids is 1. The summed E-state index contributed by atoms with van der Waals surface area (Å²) in [5.74, 6) is -2.03. The van der Waals surface area contributed by atoms with Crippen molar-refractivity contribution in [3.63, 3.8) is 0 Å². The molecule has 31 heavy (non-hydrogen) atoms. The summed E-state index contributed by atoms with van der Waals surface area (Å²) in [4.78, 5) is 31.6. The zero-order valence-electron chi connectivity index (χ0n) is 16.3. The number of halogens is 3. The highest BCUT2D eigenvalue weighted by Gasteiger charge is 2.44. The molecule has 12 heteroatoms. The average molecular weight is 442 g/mol. The van der Waals surface area contributed by atoms with E-state index in [2.05, 4.69) is 20.2 Å². The van der Waals surface area contributed by atoms with Crippen LogP contribution in [-0.2, 0) is 16.1 Å². The van der Waals surface area contributed by atoms with Crippen LogP contribution in [0.15, 0.2) is 41.4 Å². The maximum absolute atomic E-state index is 12.4. The summed E-state index contributed by atoms with van der Waals surface area (Å²) in [6.45, 7) is 2.21. The Bertz CT molecular complexity index is 863. The number of carbonyl (C=O) groups excluding carboxylic acids is 1. The number of furan rings is 1. The molecule has 9 nitrogen and oxygen atoms in total. The van der Waals surface area contributed by atoms with Gasteiger partial charge in [0.05, 0.1) is 31.2 Å². The van der Waals surface area contributed by atoms with Crippen molar-refractivity contribution in [3.05, 3.63) is 48.4 Å². The molecule has 0 spiro atoms. The van der Waals surface area contributed by atoms with Crippen molar-refractivity contribution < 1.29 is 37.0 Å². The Hall–Kier alpha value is -2.99. The third-order valence-electron chi connectivity index (χ3n) is 4.92. The Morgan fingerprint density at radius 3 is 2.71 bits per heavy atom. The van der Waals surface area contributed by atoms with Gasteiger partial charge in [0.15, 0.2) is 0 Å². The first-order valence-corrected chi connectivity index (χ1v) is 9.50. The number of amides is 1. The number of alkyl halides is 3. The maximum Gasteiger partial charge on any atom is 0.490 e. The van der Waals surface area contributed by atoms with Crippen molar-refractivity contribution in [2.75, 3.05) is 13.2 Å². The van der Waals surface area contributed by atoms with E-state index in [-0.39, 0.29) is 18.1 Å². The fourth-order valence-electron chi connectivity index (χ4n) is 3.62. The predicted molar refractivity (Wildman–Crippen MR) is 98.9 cm³/mol. The molecule has 2 fully saturated rings. The fourth-order valence-corrected chi connectivity index (χ4v) is 3.62. The zero-order chi connectivity index (χ0) is 22.4. The maximum atomic E-state index is 12.4. The van der Waals surface area contributed by atoms with Crippen LogP contribution in [0.25, 0.3) is 0 Å². The SMILES string of the molecule is O=C(N[C@@H]1CN(Cc2ccco2)[C@@H]2CCCO[C@@H]21)c1cnccn1.O=C(O)C(F)(F)F. The molecule has 2 N–H and O–H groups in total. The van der Waals surface area contributed by atoms with E-state index in [4.69, 9.17) is 19.1 Å². The number of nitrogens with one attached hydrogen (secondary N) is 1. The standard InChI is InChI=1S/C17H20N4O3.C2HF3O2/c22-17(13-9-18-5-6-19-13)20-14-11-21(10-12-3-1-7-23-12)15-4-2-8-24-16(14)15;3-2(4,5)1(6)7/h1,3,5-7,9,14-16H,2,4,8,10-11H2,(H,20,22);(H,6,7)/t14-,15-,16-;/m1./s1. The minimum atomic E-state index is -5.08. The lowest BCUT2D eigenvalue weighted by Gasteiger charge is -2.32. The highest BCUT2D eigenvalue weighted by atomic mass is 19.4. The second-order valence-electron chi connectivity index (χ2n) is 7.03. The highest BCUT2D eigenvalue weighted by Crippen LogP contribution is 2.30. The molecule has 4 heterocycles. The summed E-state index contributed by atoms with van der Waals surface area (Å²) in [5, 5.41) is 10.2. The van der Waals surface area contributed by atoms with Crippen molar-refractivity contribution in [1.82, 2.24) is 20.2 Å². The number of ether oxygens (including phenoxy) is 1. The molecule has 2 aliphatic rings. The van der Waals surface area contributed by atoms with Gasteiger partial charge in [-0.2, -0.15) is 13.2 Å². The van der Waals surface area contributed by atoms with E-state index in [1.165, 1.54) is 12.4 Å². The molecule has 0 bridgehead atoms. The number of hydrogen-bond donors (Lipinski definition) is 2. The second kappa shape index (κ2) is 9.88. The fraction of sp³-hybridized carbons (Fsp3) is 0.474. The molecule has 1 amide bonds. The molecule has 2 aromatic rings. The van der Waals surface area contributed by atoms with Gasteiger partial charge in [-0.05, 0) is 25.0 Å². The van der Waals surface area contributed by atoms with Crippen LogP contribution in [0.4, 0.5) is 13.2 Å². The van der Waals surface area contributed by atoms with E-state index in [9.17, 15) is 18.0 Å². The Kier molecular flexibility index (Phi) is 7.23. The molecule has 0 radical (unpaired) electrons. The average Bonchev–Trinajstić information content (AvgIpc) is 3.37. The number of nitrogens with zero attached hydrogens (tertiary/aromatic N) is 3. The number of aromatic nitrogens is 2. The predicted octanol–water partition coefficient (Wildman–Crippen LogP) is 1.86. The zero-order valence-corrected chi connectivity index (χ0v) is 16.3. The van der Waals surface area contributed by atoms with E-state index < -0.39 is 12.1 Å². The van der Waals surface area contributed by atoms with Gasteiger partial charge in [-0.15, -0.1) is 0 Å². The van der Waals surface area contributed by atoms with Crippen molar-refractivity contribution >= 4 is 11.9 Å². The first kappa shape index (κ1) is 22.7. The lowest BCUT2D eigenvalue weighted by atomic mass is 10.0.